The van der Waals surface area contributed by atoms with Gasteiger partial charge in [0.25, 0.3) is 0 Å². The lowest BCUT2D eigenvalue weighted by Crippen LogP contribution is -1.98. The molecule has 0 aromatic heterocycles. The fraction of sp³-hybridized carbons (Fsp3) is 0.100. The molecule has 0 unspecified atom stereocenters. The number of halogens is 6. The van der Waals surface area contributed by atoms with Gasteiger partial charge in [0.1, 0.15) is 0 Å². The molecule has 0 nitrogen and oxygen atoms in total. The average molecular weight is 658 g/mol. The van der Waals surface area contributed by atoms with Crippen molar-refractivity contribution in [2.24, 2.45) is 0 Å². The highest BCUT2D eigenvalue weighted by Crippen LogP contribution is 2.40. The van der Waals surface area contributed by atoms with Crippen molar-refractivity contribution in [3.63, 3.8) is 0 Å². The van der Waals surface area contributed by atoms with Gasteiger partial charge < -0.3 is 0 Å². The first-order valence-electron chi connectivity index (χ1n) is 14.6. The Kier molecular flexibility index (Phi) is 10.0. The van der Waals surface area contributed by atoms with Crippen molar-refractivity contribution in [2.45, 2.75) is 27.7 Å². The predicted molar refractivity (Wildman–Crippen MR) is 183 cm³/mol. The van der Waals surface area contributed by atoms with E-state index in [0.29, 0.717) is 15.6 Å². The molecule has 46 heavy (non-hydrogen) atoms. The molecule has 0 saturated carbocycles. The summed E-state index contributed by atoms with van der Waals surface area (Å²) in [6.07, 6.45) is 0. The minimum atomic E-state index is -1.20. The molecule has 0 fully saturated rings. The van der Waals surface area contributed by atoms with Crippen molar-refractivity contribution >= 4 is 23.2 Å². The van der Waals surface area contributed by atoms with Gasteiger partial charge in [-0.25, -0.2) is 17.6 Å². The predicted octanol–water partition coefficient (Wildman–Crippen LogP) is 13.1. The maximum absolute atomic E-state index is 14.5. The van der Waals surface area contributed by atoms with Gasteiger partial charge >= 0.3 is 0 Å². The van der Waals surface area contributed by atoms with E-state index in [1.807, 2.05) is 19.1 Å². The first-order valence-corrected chi connectivity index (χ1v) is 15.3. The van der Waals surface area contributed by atoms with E-state index in [1.165, 1.54) is 42.3 Å². The van der Waals surface area contributed by atoms with Gasteiger partial charge in [0.2, 0.25) is 0 Å². The Hall–Kier alpha value is -4.38. The summed E-state index contributed by atoms with van der Waals surface area (Å²) in [5.74, 6) is -4.53. The zero-order chi connectivity index (χ0) is 33.1. The van der Waals surface area contributed by atoms with Gasteiger partial charge in [-0.3, -0.25) is 0 Å². The highest BCUT2D eigenvalue weighted by atomic mass is 35.5. The first-order chi connectivity index (χ1) is 22.0. The van der Waals surface area contributed by atoms with E-state index in [9.17, 15) is 17.6 Å². The Morgan fingerprint density at radius 3 is 1.02 bits per heavy atom. The summed E-state index contributed by atoms with van der Waals surface area (Å²) in [6.45, 7) is 7.43. The third-order valence-corrected chi connectivity index (χ3v) is 8.70. The van der Waals surface area contributed by atoms with E-state index in [4.69, 9.17) is 23.2 Å². The van der Waals surface area contributed by atoms with Crippen LogP contribution in [-0.4, -0.2) is 0 Å². The van der Waals surface area contributed by atoms with Crippen LogP contribution in [0.5, 0.6) is 0 Å². The van der Waals surface area contributed by atoms with Crippen LogP contribution in [0.4, 0.5) is 17.6 Å². The Bertz CT molecular complexity index is 1940. The van der Waals surface area contributed by atoms with Crippen LogP contribution in [0.15, 0.2) is 109 Å². The number of benzene rings is 6. The second-order valence-electron chi connectivity index (χ2n) is 11.2. The molecule has 6 rings (SSSR count). The van der Waals surface area contributed by atoms with Crippen LogP contribution in [0, 0.1) is 51.0 Å². The summed E-state index contributed by atoms with van der Waals surface area (Å²) in [7, 11) is 0. The minimum Gasteiger partial charge on any atom is -0.203 e. The fourth-order valence-electron chi connectivity index (χ4n) is 5.03. The van der Waals surface area contributed by atoms with E-state index in [1.54, 1.807) is 24.3 Å². The van der Waals surface area contributed by atoms with E-state index >= 15 is 0 Å². The maximum Gasteiger partial charge on any atom is 0.167 e. The van der Waals surface area contributed by atoms with Crippen LogP contribution in [0.2, 0.25) is 10.0 Å². The van der Waals surface area contributed by atoms with Crippen LogP contribution >= 0.6 is 23.2 Å². The summed E-state index contributed by atoms with van der Waals surface area (Å²) in [6, 6.07) is 32.8. The summed E-state index contributed by atoms with van der Waals surface area (Å²) < 4.78 is 56.7. The fourth-order valence-corrected chi connectivity index (χ4v) is 5.58. The SMILES string of the molecule is Cc1ccc(-c2ccc(-c3ccc(C)c(F)c3F)c(F)c2F)cc1.Cc1ccc(-c2ccc(-c3ccc(C)cc3)c(Cl)c2Cl)cc1. The lowest BCUT2D eigenvalue weighted by molar-refractivity contribution is 0.499. The van der Waals surface area contributed by atoms with Crippen LogP contribution in [-0.2, 0) is 0 Å². The Balaban J connectivity index is 0.000000182. The molecule has 0 heterocycles. The van der Waals surface area contributed by atoms with Crippen LogP contribution in [0.1, 0.15) is 22.3 Å². The summed E-state index contributed by atoms with van der Waals surface area (Å²) in [5.41, 5.74) is 7.60. The monoisotopic (exact) mass is 656 g/mol. The summed E-state index contributed by atoms with van der Waals surface area (Å²) in [5, 5.41) is 1.20. The highest BCUT2D eigenvalue weighted by Gasteiger charge is 2.20. The lowest BCUT2D eigenvalue weighted by atomic mass is 9.97. The molecule has 0 bridgehead atoms. The molecule has 232 valence electrons. The molecule has 0 saturated heterocycles. The van der Waals surface area contributed by atoms with E-state index in [-0.39, 0.29) is 22.3 Å². The lowest BCUT2D eigenvalue weighted by Gasteiger charge is -2.11. The molecule has 0 radical (unpaired) electrons. The molecule has 0 amide bonds. The van der Waals surface area contributed by atoms with E-state index in [0.717, 1.165) is 27.8 Å². The largest absolute Gasteiger partial charge is 0.203 e. The Morgan fingerprint density at radius 1 is 0.326 bits per heavy atom. The molecule has 0 spiro atoms. The molecule has 0 atom stereocenters. The van der Waals surface area contributed by atoms with Gasteiger partial charge in [-0.2, -0.15) is 0 Å². The molecular formula is C40H30Cl2F4. The van der Waals surface area contributed by atoms with E-state index < -0.39 is 23.3 Å². The third kappa shape index (κ3) is 6.89. The second kappa shape index (κ2) is 13.9. The number of hydrogen-bond acceptors (Lipinski definition) is 0. The van der Waals surface area contributed by atoms with Gasteiger partial charge in [0, 0.05) is 27.8 Å². The van der Waals surface area contributed by atoms with Crippen LogP contribution < -0.4 is 0 Å². The minimum absolute atomic E-state index is 0.0734. The van der Waals surface area contributed by atoms with Crippen LogP contribution in [0.25, 0.3) is 44.5 Å². The van der Waals surface area contributed by atoms with Crippen molar-refractivity contribution in [1.29, 1.82) is 0 Å². The number of rotatable bonds is 4. The number of aryl methyl sites for hydroxylation is 4. The molecule has 6 heteroatoms. The van der Waals surface area contributed by atoms with Crippen LogP contribution in [0.3, 0.4) is 0 Å². The van der Waals surface area contributed by atoms with Gasteiger partial charge in [-0.1, -0.05) is 149 Å². The number of hydrogen-bond donors (Lipinski definition) is 0. The zero-order valence-corrected chi connectivity index (χ0v) is 27.2. The molecule has 0 N–H and O–H groups in total. The van der Waals surface area contributed by atoms with Crippen molar-refractivity contribution in [2.75, 3.05) is 0 Å². The standard InChI is InChI=1S/C20H16Cl2.C20H14F4/c1-13-3-7-15(8-4-13)17-11-12-18(20(22)19(17)21)16-9-5-14(2)6-10-16;1-11-3-6-13(7-4-11)14-9-10-16(20(24)18(14)22)15-8-5-12(2)17(21)19(15)23/h3-12H,1-2H3;3-10H,1-2H3. The Labute approximate surface area is 276 Å². The van der Waals surface area contributed by atoms with Gasteiger partial charge in [-0.15, -0.1) is 0 Å². The molecule has 6 aromatic rings. The average Bonchev–Trinajstić information content (AvgIpc) is 3.05. The molecule has 6 aromatic carbocycles. The maximum atomic E-state index is 14.5. The zero-order valence-electron chi connectivity index (χ0n) is 25.7. The Morgan fingerprint density at radius 2 is 0.609 bits per heavy atom. The van der Waals surface area contributed by atoms with Gasteiger partial charge in [0.05, 0.1) is 10.0 Å². The summed E-state index contributed by atoms with van der Waals surface area (Å²) in [4.78, 5) is 0. The molecule has 0 aliphatic rings. The van der Waals surface area contributed by atoms with Crippen molar-refractivity contribution < 1.29 is 17.6 Å². The normalized spacial score (nSPS) is 10.8. The molecule has 0 aliphatic carbocycles. The summed E-state index contributed by atoms with van der Waals surface area (Å²) >= 11 is 13.0. The smallest absolute Gasteiger partial charge is 0.167 e. The van der Waals surface area contributed by atoms with Gasteiger partial charge in [0.15, 0.2) is 23.3 Å². The van der Waals surface area contributed by atoms with E-state index in [2.05, 4.69) is 62.4 Å². The third-order valence-electron chi connectivity index (χ3n) is 7.82. The molecular weight excluding hydrogens is 627 g/mol. The quantitative estimate of drug-likeness (QED) is 0.166. The second-order valence-corrected chi connectivity index (χ2v) is 12.0. The van der Waals surface area contributed by atoms with Crippen molar-refractivity contribution in [3.05, 3.63) is 165 Å². The van der Waals surface area contributed by atoms with Crippen molar-refractivity contribution in [3.8, 4) is 44.5 Å². The highest BCUT2D eigenvalue weighted by molar-refractivity contribution is 6.45. The van der Waals surface area contributed by atoms with Crippen molar-refractivity contribution in [1.82, 2.24) is 0 Å². The topological polar surface area (TPSA) is 0 Å². The van der Waals surface area contributed by atoms with Gasteiger partial charge in [-0.05, 0) is 49.9 Å². The molecule has 0 aliphatic heterocycles. The first kappa shape index (κ1) is 33.0.